The molecule has 22 heavy (non-hydrogen) atoms. The molecule has 0 spiro atoms. The van der Waals surface area contributed by atoms with Crippen LogP contribution in [0.1, 0.15) is 18.4 Å². The Balaban J connectivity index is 1.56. The second-order valence-corrected chi connectivity index (χ2v) is 5.38. The fraction of sp³-hybridized carbons (Fsp3) is 0.312. The van der Waals surface area contributed by atoms with E-state index in [-0.39, 0.29) is 6.04 Å². The van der Waals surface area contributed by atoms with Gasteiger partial charge in [0.2, 0.25) is 11.8 Å². The molecule has 6 nitrogen and oxygen atoms in total. The summed E-state index contributed by atoms with van der Waals surface area (Å²) in [4.78, 5) is 0. The largest absolute Gasteiger partial charge is 0.419 e. The number of aromatic nitrogens is 4. The molecule has 6 heteroatoms. The van der Waals surface area contributed by atoms with Gasteiger partial charge in [-0.1, -0.05) is 17.7 Å². The molecule has 0 radical (unpaired) electrons. The third kappa shape index (κ3) is 3.59. The van der Waals surface area contributed by atoms with Crippen LogP contribution >= 0.6 is 0 Å². The molecule has 1 atom stereocenters. The number of hydrogen-bond acceptors (Lipinski definition) is 5. The lowest BCUT2D eigenvalue weighted by Gasteiger charge is -2.11. The summed E-state index contributed by atoms with van der Waals surface area (Å²) in [5.74, 6) is 1.14. The maximum absolute atomic E-state index is 5.69. The molecule has 114 valence electrons. The summed E-state index contributed by atoms with van der Waals surface area (Å²) < 4.78 is 7.58. The van der Waals surface area contributed by atoms with Gasteiger partial charge in [0.25, 0.3) is 0 Å². The number of hydrogen-bond donors (Lipinski definition) is 1. The quantitative estimate of drug-likeness (QED) is 0.756. The first kappa shape index (κ1) is 14.5. The van der Waals surface area contributed by atoms with Crippen molar-refractivity contribution in [3.63, 3.8) is 0 Å². The lowest BCUT2D eigenvalue weighted by Crippen LogP contribution is -2.30. The highest BCUT2D eigenvalue weighted by Crippen LogP contribution is 2.18. The number of aryl methyl sites for hydroxylation is 1. The van der Waals surface area contributed by atoms with E-state index in [4.69, 9.17) is 4.42 Å². The summed E-state index contributed by atoms with van der Waals surface area (Å²) in [5, 5.41) is 15.7. The van der Waals surface area contributed by atoms with E-state index >= 15 is 0 Å². The molecular weight excluding hydrogens is 278 g/mol. The van der Waals surface area contributed by atoms with Crippen molar-refractivity contribution in [3.05, 3.63) is 54.2 Å². The third-order valence-corrected chi connectivity index (χ3v) is 3.39. The number of benzene rings is 1. The Morgan fingerprint density at radius 3 is 2.77 bits per heavy atom. The van der Waals surface area contributed by atoms with Crippen LogP contribution in [0.3, 0.4) is 0 Å². The van der Waals surface area contributed by atoms with Crippen molar-refractivity contribution in [1.29, 1.82) is 0 Å². The normalized spacial score (nSPS) is 12.5. The van der Waals surface area contributed by atoms with Crippen molar-refractivity contribution < 1.29 is 4.42 Å². The molecule has 0 fully saturated rings. The summed E-state index contributed by atoms with van der Waals surface area (Å²) >= 11 is 0. The smallest absolute Gasteiger partial charge is 0.247 e. The Hall–Kier alpha value is -2.47. The molecule has 0 saturated heterocycles. The first-order valence-electron chi connectivity index (χ1n) is 7.31. The van der Waals surface area contributed by atoms with Gasteiger partial charge in [0.05, 0.1) is 13.1 Å². The van der Waals surface area contributed by atoms with Crippen molar-refractivity contribution in [1.82, 2.24) is 25.3 Å². The molecule has 0 aliphatic rings. The number of rotatable bonds is 6. The summed E-state index contributed by atoms with van der Waals surface area (Å²) in [7, 11) is 0. The van der Waals surface area contributed by atoms with E-state index in [2.05, 4.69) is 27.5 Å². The second kappa shape index (κ2) is 6.53. The Kier molecular flexibility index (Phi) is 4.29. The maximum atomic E-state index is 5.69. The lowest BCUT2D eigenvalue weighted by molar-refractivity contribution is 0.411. The molecule has 1 N–H and O–H groups in total. The Labute approximate surface area is 129 Å². The van der Waals surface area contributed by atoms with Gasteiger partial charge in [-0.05, 0) is 32.0 Å². The zero-order chi connectivity index (χ0) is 15.4. The van der Waals surface area contributed by atoms with Crippen LogP contribution in [0.2, 0.25) is 0 Å². The molecule has 3 aromatic rings. The summed E-state index contributed by atoms with van der Waals surface area (Å²) in [6, 6.07) is 10.2. The van der Waals surface area contributed by atoms with Gasteiger partial charge in [-0.15, -0.1) is 10.2 Å². The van der Waals surface area contributed by atoms with Crippen LogP contribution in [-0.4, -0.2) is 26.0 Å². The van der Waals surface area contributed by atoms with Gasteiger partial charge in [0.1, 0.15) is 0 Å². The van der Waals surface area contributed by atoms with Crippen LogP contribution in [0.15, 0.2) is 47.1 Å². The Bertz CT molecular complexity index is 702. The van der Waals surface area contributed by atoms with E-state index < -0.39 is 0 Å². The molecule has 0 amide bonds. The van der Waals surface area contributed by atoms with Crippen molar-refractivity contribution in [2.24, 2.45) is 0 Å². The average Bonchev–Trinajstić information content (AvgIpc) is 3.17. The highest BCUT2D eigenvalue weighted by molar-refractivity contribution is 5.52. The van der Waals surface area contributed by atoms with Gasteiger partial charge >= 0.3 is 0 Å². The van der Waals surface area contributed by atoms with Crippen LogP contribution in [-0.2, 0) is 13.1 Å². The fourth-order valence-corrected chi connectivity index (χ4v) is 2.15. The standard InChI is InChI=1S/C16H19N5O/c1-12-4-6-14(7-5-12)16-20-19-15(22-16)10-17-13(2)11-21-9-3-8-18-21/h3-9,13,17H,10-11H2,1-2H3. The van der Waals surface area contributed by atoms with Crippen molar-refractivity contribution in [2.75, 3.05) is 0 Å². The molecule has 1 aromatic carbocycles. The number of nitrogens with zero attached hydrogens (tertiary/aromatic N) is 4. The first-order valence-corrected chi connectivity index (χ1v) is 7.31. The van der Waals surface area contributed by atoms with Gasteiger partial charge in [0, 0.05) is 24.0 Å². The van der Waals surface area contributed by atoms with Crippen LogP contribution in [0, 0.1) is 6.92 Å². The first-order chi connectivity index (χ1) is 10.7. The topological polar surface area (TPSA) is 68.8 Å². The van der Waals surface area contributed by atoms with E-state index in [9.17, 15) is 0 Å². The zero-order valence-corrected chi connectivity index (χ0v) is 12.7. The number of nitrogens with one attached hydrogen (secondary N) is 1. The second-order valence-electron chi connectivity index (χ2n) is 5.38. The summed E-state index contributed by atoms with van der Waals surface area (Å²) in [6.07, 6.45) is 3.72. The molecule has 0 aliphatic heterocycles. The predicted octanol–water partition coefficient (Wildman–Crippen LogP) is 2.42. The minimum absolute atomic E-state index is 0.259. The van der Waals surface area contributed by atoms with Gasteiger partial charge in [-0.3, -0.25) is 4.68 Å². The van der Waals surface area contributed by atoms with E-state index in [0.717, 1.165) is 12.1 Å². The van der Waals surface area contributed by atoms with E-state index in [1.165, 1.54) is 5.56 Å². The molecule has 2 aromatic heterocycles. The molecule has 0 saturated carbocycles. The van der Waals surface area contributed by atoms with Crippen LogP contribution < -0.4 is 5.32 Å². The molecule has 0 aliphatic carbocycles. The Morgan fingerprint density at radius 1 is 1.23 bits per heavy atom. The molecular formula is C16H19N5O. The SMILES string of the molecule is Cc1ccc(-c2nnc(CNC(C)Cn3cccn3)o2)cc1. The summed E-state index contributed by atoms with van der Waals surface area (Å²) in [5.41, 5.74) is 2.14. The van der Waals surface area contributed by atoms with Crippen molar-refractivity contribution in [3.8, 4) is 11.5 Å². The van der Waals surface area contributed by atoms with Crippen LogP contribution in [0.4, 0.5) is 0 Å². The van der Waals surface area contributed by atoms with Crippen LogP contribution in [0.5, 0.6) is 0 Å². The van der Waals surface area contributed by atoms with E-state index in [1.807, 2.05) is 48.1 Å². The van der Waals surface area contributed by atoms with Gasteiger partial charge in [-0.25, -0.2) is 0 Å². The minimum atomic E-state index is 0.259. The maximum Gasteiger partial charge on any atom is 0.247 e. The molecule has 3 rings (SSSR count). The van der Waals surface area contributed by atoms with E-state index in [0.29, 0.717) is 18.3 Å². The Morgan fingerprint density at radius 2 is 2.05 bits per heavy atom. The molecule has 2 heterocycles. The van der Waals surface area contributed by atoms with E-state index in [1.54, 1.807) is 6.20 Å². The van der Waals surface area contributed by atoms with Gasteiger partial charge in [-0.2, -0.15) is 5.10 Å². The predicted molar refractivity (Wildman–Crippen MR) is 83.0 cm³/mol. The van der Waals surface area contributed by atoms with Gasteiger partial charge in [0.15, 0.2) is 0 Å². The summed E-state index contributed by atoms with van der Waals surface area (Å²) in [6.45, 7) is 5.49. The van der Waals surface area contributed by atoms with Gasteiger partial charge < -0.3 is 9.73 Å². The van der Waals surface area contributed by atoms with Crippen LogP contribution in [0.25, 0.3) is 11.5 Å². The minimum Gasteiger partial charge on any atom is -0.419 e. The fourth-order valence-electron chi connectivity index (χ4n) is 2.15. The monoisotopic (exact) mass is 297 g/mol. The lowest BCUT2D eigenvalue weighted by atomic mass is 10.1. The highest BCUT2D eigenvalue weighted by atomic mass is 16.4. The molecule has 1 unspecified atom stereocenters. The zero-order valence-electron chi connectivity index (χ0n) is 12.7. The van der Waals surface area contributed by atoms with Crippen molar-refractivity contribution >= 4 is 0 Å². The third-order valence-electron chi connectivity index (χ3n) is 3.39. The highest BCUT2D eigenvalue weighted by Gasteiger charge is 2.10. The average molecular weight is 297 g/mol. The molecule has 0 bridgehead atoms. The van der Waals surface area contributed by atoms with Crippen molar-refractivity contribution in [2.45, 2.75) is 33.0 Å².